The van der Waals surface area contributed by atoms with E-state index in [0.29, 0.717) is 19.5 Å². The summed E-state index contributed by atoms with van der Waals surface area (Å²) in [6.07, 6.45) is 3.36. The summed E-state index contributed by atoms with van der Waals surface area (Å²) in [5, 5.41) is 9.30. The molecule has 2 heterocycles. The molecule has 0 bridgehead atoms. The lowest BCUT2D eigenvalue weighted by atomic mass is 9.76. The zero-order valence-corrected chi connectivity index (χ0v) is 13.9. The van der Waals surface area contributed by atoms with Crippen molar-refractivity contribution >= 4 is 21.7 Å². The fraction of sp³-hybridized carbons (Fsp3) is 0.857. The maximum Gasteiger partial charge on any atom is 0.326 e. The van der Waals surface area contributed by atoms with Crippen LogP contribution in [0, 0.1) is 5.41 Å². The van der Waals surface area contributed by atoms with Crippen molar-refractivity contribution in [2.45, 2.75) is 32.2 Å². The summed E-state index contributed by atoms with van der Waals surface area (Å²) in [6.45, 7) is 3.95. The minimum absolute atomic E-state index is 0.129. The Labute approximate surface area is 131 Å². The predicted molar refractivity (Wildman–Crippen MR) is 81.2 cm³/mol. The average molecular weight is 332 g/mol. The van der Waals surface area contributed by atoms with Gasteiger partial charge in [-0.15, -0.1) is 0 Å². The quantitative estimate of drug-likeness (QED) is 0.767. The van der Waals surface area contributed by atoms with Crippen molar-refractivity contribution in [2.24, 2.45) is 5.41 Å². The van der Waals surface area contributed by atoms with Crippen LogP contribution in [0.5, 0.6) is 0 Å². The lowest BCUT2D eigenvalue weighted by Gasteiger charge is -2.39. The zero-order valence-electron chi connectivity index (χ0n) is 13.1. The van der Waals surface area contributed by atoms with Gasteiger partial charge in [0.05, 0.1) is 5.75 Å². The number of sulfone groups is 1. The van der Waals surface area contributed by atoms with Crippen LogP contribution in [0.1, 0.15) is 26.2 Å². The summed E-state index contributed by atoms with van der Waals surface area (Å²) >= 11 is 0. The van der Waals surface area contributed by atoms with Crippen LogP contribution >= 0.6 is 0 Å². The van der Waals surface area contributed by atoms with E-state index in [-0.39, 0.29) is 17.1 Å². The largest absolute Gasteiger partial charge is 0.480 e. The minimum atomic E-state index is -2.96. The van der Waals surface area contributed by atoms with Crippen molar-refractivity contribution in [1.82, 2.24) is 9.80 Å². The number of piperidine rings is 1. The molecule has 7 nitrogen and oxygen atoms in total. The van der Waals surface area contributed by atoms with Crippen LogP contribution in [0.15, 0.2) is 0 Å². The SMILES string of the molecule is CC(=O)N1CC2(CCN(CCS(C)(=O)=O)CC2)C[C@@H]1C(=O)O. The fourth-order valence-electron chi connectivity index (χ4n) is 3.52. The van der Waals surface area contributed by atoms with Gasteiger partial charge in [0, 0.05) is 26.3 Å². The molecular weight excluding hydrogens is 308 g/mol. The number of nitrogens with zero attached hydrogens (tertiary/aromatic N) is 2. The van der Waals surface area contributed by atoms with Crippen molar-refractivity contribution in [3.8, 4) is 0 Å². The normalized spacial score (nSPS) is 25.5. The van der Waals surface area contributed by atoms with Crippen LogP contribution < -0.4 is 0 Å². The highest BCUT2D eigenvalue weighted by Crippen LogP contribution is 2.43. The molecule has 2 aliphatic heterocycles. The molecule has 2 aliphatic rings. The summed E-state index contributed by atoms with van der Waals surface area (Å²) in [6, 6.07) is -0.722. The summed E-state index contributed by atoms with van der Waals surface area (Å²) < 4.78 is 22.4. The fourth-order valence-corrected chi connectivity index (χ4v) is 4.11. The van der Waals surface area contributed by atoms with E-state index in [0.717, 1.165) is 25.9 Å². The van der Waals surface area contributed by atoms with Gasteiger partial charge in [0.1, 0.15) is 15.9 Å². The second-order valence-electron chi connectivity index (χ2n) is 6.68. The molecule has 0 aromatic rings. The molecule has 126 valence electrons. The smallest absolute Gasteiger partial charge is 0.326 e. The number of hydrogen-bond acceptors (Lipinski definition) is 5. The first-order valence-electron chi connectivity index (χ1n) is 7.52. The Balaban J connectivity index is 1.95. The van der Waals surface area contributed by atoms with Crippen LogP contribution in [-0.2, 0) is 19.4 Å². The van der Waals surface area contributed by atoms with E-state index in [1.54, 1.807) is 0 Å². The van der Waals surface area contributed by atoms with Crippen LogP contribution in [-0.4, -0.2) is 79.4 Å². The molecule has 0 saturated carbocycles. The topological polar surface area (TPSA) is 95.0 Å². The van der Waals surface area contributed by atoms with Gasteiger partial charge in [-0.3, -0.25) is 4.79 Å². The molecule has 2 fully saturated rings. The lowest BCUT2D eigenvalue weighted by molar-refractivity contribution is -0.147. The highest BCUT2D eigenvalue weighted by atomic mass is 32.2. The minimum Gasteiger partial charge on any atom is -0.480 e. The molecule has 1 atom stereocenters. The van der Waals surface area contributed by atoms with Gasteiger partial charge in [-0.1, -0.05) is 0 Å². The van der Waals surface area contributed by atoms with Crippen LogP contribution in [0.4, 0.5) is 0 Å². The van der Waals surface area contributed by atoms with Crippen molar-refractivity contribution in [2.75, 3.05) is 38.2 Å². The summed E-state index contributed by atoms with van der Waals surface area (Å²) in [4.78, 5) is 26.6. The highest BCUT2D eigenvalue weighted by molar-refractivity contribution is 7.90. The van der Waals surface area contributed by atoms with Gasteiger partial charge in [0.2, 0.25) is 5.91 Å². The predicted octanol–water partition coefficient (Wildman–Crippen LogP) is -0.181. The molecule has 22 heavy (non-hydrogen) atoms. The molecule has 1 spiro atoms. The van der Waals surface area contributed by atoms with E-state index in [9.17, 15) is 23.1 Å². The van der Waals surface area contributed by atoms with E-state index < -0.39 is 21.8 Å². The molecule has 1 N–H and O–H groups in total. The van der Waals surface area contributed by atoms with Crippen molar-refractivity contribution in [1.29, 1.82) is 0 Å². The Hall–Kier alpha value is -1.15. The van der Waals surface area contributed by atoms with Gasteiger partial charge in [0.25, 0.3) is 0 Å². The Morgan fingerprint density at radius 1 is 1.27 bits per heavy atom. The van der Waals surface area contributed by atoms with E-state index in [1.165, 1.54) is 18.1 Å². The number of carboxylic acid groups (broad SMARTS) is 1. The van der Waals surface area contributed by atoms with Crippen molar-refractivity contribution < 1.29 is 23.1 Å². The molecule has 1 amide bonds. The third-order valence-electron chi connectivity index (χ3n) is 4.89. The Morgan fingerprint density at radius 2 is 1.86 bits per heavy atom. The molecule has 0 aromatic carbocycles. The van der Waals surface area contributed by atoms with E-state index in [1.807, 2.05) is 0 Å². The molecular formula is C14H24N2O5S. The average Bonchev–Trinajstić information content (AvgIpc) is 2.77. The first-order valence-corrected chi connectivity index (χ1v) is 9.58. The van der Waals surface area contributed by atoms with Crippen LogP contribution in [0.3, 0.4) is 0 Å². The molecule has 0 unspecified atom stereocenters. The van der Waals surface area contributed by atoms with E-state index >= 15 is 0 Å². The van der Waals surface area contributed by atoms with E-state index in [2.05, 4.69) is 4.90 Å². The van der Waals surface area contributed by atoms with E-state index in [4.69, 9.17) is 0 Å². The third-order valence-corrected chi connectivity index (χ3v) is 5.82. The second-order valence-corrected chi connectivity index (χ2v) is 8.94. The van der Waals surface area contributed by atoms with Crippen LogP contribution in [0.2, 0.25) is 0 Å². The van der Waals surface area contributed by atoms with Gasteiger partial charge < -0.3 is 14.9 Å². The molecule has 2 saturated heterocycles. The third kappa shape index (κ3) is 3.98. The molecule has 0 radical (unpaired) electrons. The summed E-state index contributed by atoms with van der Waals surface area (Å²) in [5.74, 6) is -0.979. The van der Waals surface area contributed by atoms with Crippen molar-refractivity contribution in [3.63, 3.8) is 0 Å². The first-order chi connectivity index (χ1) is 10.1. The number of likely N-dealkylation sites (tertiary alicyclic amines) is 2. The number of rotatable bonds is 4. The standard InChI is InChI=1S/C14H24N2O5S/c1-11(17)16-10-14(9-12(16)13(18)19)3-5-15(6-4-14)7-8-22(2,20)21/h12H,3-10H2,1-2H3,(H,18,19)/t12-/m1/s1. The van der Waals surface area contributed by atoms with Gasteiger partial charge >= 0.3 is 5.97 Å². The lowest BCUT2D eigenvalue weighted by Crippen LogP contribution is -2.43. The number of carboxylic acids is 1. The van der Waals surface area contributed by atoms with Crippen molar-refractivity contribution in [3.05, 3.63) is 0 Å². The van der Waals surface area contributed by atoms with Gasteiger partial charge in [-0.25, -0.2) is 13.2 Å². The molecule has 0 aliphatic carbocycles. The monoisotopic (exact) mass is 332 g/mol. The summed E-state index contributed by atoms with van der Waals surface area (Å²) in [5.41, 5.74) is -0.129. The maximum absolute atomic E-state index is 11.6. The first kappa shape index (κ1) is 17.2. The Bertz CT molecular complexity index is 528. The maximum atomic E-state index is 11.6. The molecule has 8 heteroatoms. The summed E-state index contributed by atoms with van der Waals surface area (Å²) in [7, 11) is -2.96. The number of amides is 1. The number of hydrogen-bond donors (Lipinski definition) is 1. The van der Waals surface area contributed by atoms with Gasteiger partial charge in [-0.05, 0) is 37.8 Å². The number of aliphatic carboxylic acids is 1. The number of carbonyl (C=O) groups is 2. The molecule has 0 aromatic heterocycles. The van der Waals surface area contributed by atoms with Crippen LogP contribution in [0.25, 0.3) is 0 Å². The highest BCUT2D eigenvalue weighted by Gasteiger charge is 2.48. The second kappa shape index (κ2) is 6.16. The molecule has 2 rings (SSSR count). The Kier molecular flexibility index (Phi) is 4.81. The Morgan fingerprint density at radius 3 is 2.27 bits per heavy atom. The number of carbonyl (C=O) groups excluding carboxylic acids is 1. The van der Waals surface area contributed by atoms with Gasteiger partial charge in [0.15, 0.2) is 0 Å². The zero-order chi connectivity index (χ0) is 16.5. The van der Waals surface area contributed by atoms with Gasteiger partial charge in [-0.2, -0.15) is 0 Å².